The van der Waals surface area contributed by atoms with E-state index in [0.717, 1.165) is 20.1 Å². The molecule has 0 saturated heterocycles. The minimum atomic E-state index is -0.709. The van der Waals surface area contributed by atoms with Crippen LogP contribution in [0.2, 0.25) is 0 Å². The summed E-state index contributed by atoms with van der Waals surface area (Å²) < 4.78 is 1.60. The van der Waals surface area contributed by atoms with Gasteiger partial charge in [-0.3, -0.25) is 9.59 Å². The average Bonchev–Trinajstić information content (AvgIpc) is 2.84. The number of hydrogen-bond donors (Lipinski definition) is 0. The highest BCUT2D eigenvalue weighted by molar-refractivity contribution is 9.10. The van der Waals surface area contributed by atoms with E-state index in [1.807, 2.05) is 84.9 Å². The third-order valence-electron chi connectivity index (χ3n) is 5.50. The molecule has 2 atom stereocenters. The maximum absolute atomic E-state index is 14.0. The molecule has 158 valence electrons. The fourth-order valence-electron chi connectivity index (χ4n) is 3.96. The Labute approximate surface area is 204 Å². The fourth-order valence-corrected chi connectivity index (χ4v) is 5.03. The van der Waals surface area contributed by atoms with Crippen LogP contribution in [0, 0.1) is 0 Å². The van der Waals surface area contributed by atoms with E-state index in [2.05, 4.69) is 31.9 Å². The molecule has 0 bridgehead atoms. The normalized spacial score (nSPS) is 12.7. The van der Waals surface area contributed by atoms with E-state index in [9.17, 15) is 9.59 Å². The summed E-state index contributed by atoms with van der Waals surface area (Å²) in [5.41, 5.74) is 2.72. The zero-order valence-corrected chi connectivity index (χ0v) is 20.3. The van der Waals surface area contributed by atoms with Crippen LogP contribution in [-0.4, -0.2) is 11.6 Å². The molecule has 0 spiro atoms. The third-order valence-corrected chi connectivity index (χ3v) is 6.94. The lowest BCUT2D eigenvalue weighted by molar-refractivity contribution is 0.0866. The van der Waals surface area contributed by atoms with E-state index >= 15 is 0 Å². The van der Waals surface area contributed by atoms with Gasteiger partial charge in [-0.25, -0.2) is 0 Å². The van der Waals surface area contributed by atoms with Gasteiger partial charge in [0.1, 0.15) is 0 Å². The van der Waals surface area contributed by atoms with E-state index in [0.29, 0.717) is 11.1 Å². The van der Waals surface area contributed by atoms with Gasteiger partial charge in [-0.2, -0.15) is 0 Å². The second kappa shape index (κ2) is 10.2. The van der Waals surface area contributed by atoms with Gasteiger partial charge in [0.25, 0.3) is 0 Å². The van der Waals surface area contributed by atoms with Crippen LogP contribution >= 0.6 is 31.9 Å². The van der Waals surface area contributed by atoms with Crippen LogP contribution in [-0.2, 0) is 0 Å². The van der Waals surface area contributed by atoms with Crippen molar-refractivity contribution in [3.8, 4) is 0 Å². The molecule has 4 rings (SSSR count). The van der Waals surface area contributed by atoms with Crippen molar-refractivity contribution in [2.75, 3.05) is 0 Å². The first-order valence-electron chi connectivity index (χ1n) is 10.3. The van der Waals surface area contributed by atoms with Crippen molar-refractivity contribution < 1.29 is 9.59 Å². The quantitative estimate of drug-likeness (QED) is 0.221. The van der Waals surface area contributed by atoms with Gasteiger partial charge in [-0.15, -0.1) is 0 Å². The second-order valence-corrected chi connectivity index (χ2v) is 9.17. The molecule has 0 N–H and O–H groups in total. The van der Waals surface area contributed by atoms with Gasteiger partial charge in [0, 0.05) is 20.1 Å². The van der Waals surface area contributed by atoms with Gasteiger partial charge in [-0.05, 0) is 23.3 Å². The maximum Gasteiger partial charge on any atom is 0.171 e. The standard InChI is InChI=1S/C28H20Br2O2/c29-23-17-9-7-15-21(23)25(27(31)19-11-3-1-4-12-19)26(22-16-8-10-18-24(22)30)28(32)20-13-5-2-6-14-20/h1-18,25-26H. The summed E-state index contributed by atoms with van der Waals surface area (Å²) in [5.74, 6) is -1.61. The number of hydrogen-bond acceptors (Lipinski definition) is 2. The summed E-state index contributed by atoms with van der Waals surface area (Å²) in [6.07, 6.45) is 0. The van der Waals surface area contributed by atoms with E-state index < -0.39 is 11.8 Å². The second-order valence-electron chi connectivity index (χ2n) is 7.46. The van der Waals surface area contributed by atoms with Crippen LogP contribution in [0.1, 0.15) is 43.7 Å². The average molecular weight is 548 g/mol. The van der Waals surface area contributed by atoms with Crippen molar-refractivity contribution in [1.82, 2.24) is 0 Å². The number of carbonyl (C=O) groups is 2. The Morgan fingerprint density at radius 3 is 1.12 bits per heavy atom. The molecule has 4 heteroatoms. The van der Waals surface area contributed by atoms with E-state index in [1.54, 1.807) is 24.3 Å². The highest BCUT2D eigenvalue weighted by Gasteiger charge is 2.38. The molecule has 4 aromatic carbocycles. The summed E-state index contributed by atoms with van der Waals surface area (Å²) in [6, 6.07) is 33.6. The lowest BCUT2D eigenvalue weighted by Crippen LogP contribution is -2.28. The molecule has 0 radical (unpaired) electrons. The van der Waals surface area contributed by atoms with Gasteiger partial charge < -0.3 is 0 Å². The van der Waals surface area contributed by atoms with Crippen molar-refractivity contribution in [2.24, 2.45) is 0 Å². The molecule has 0 aliphatic rings. The van der Waals surface area contributed by atoms with E-state index in [-0.39, 0.29) is 11.6 Å². The molecule has 0 fully saturated rings. The molecule has 2 nitrogen and oxygen atoms in total. The molecular formula is C28H20Br2O2. The van der Waals surface area contributed by atoms with Gasteiger partial charge >= 0.3 is 0 Å². The Morgan fingerprint density at radius 2 is 0.781 bits per heavy atom. The SMILES string of the molecule is O=C(c1ccccc1)C(c1ccccc1Br)C(C(=O)c1ccccc1)c1ccccc1Br. The van der Waals surface area contributed by atoms with Gasteiger partial charge in [0.2, 0.25) is 0 Å². The van der Waals surface area contributed by atoms with Crippen molar-refractivity contribution in [3.05, 3.63) is 140 Å². The van der Waals surface area contributed by atoms with Crippen molar-refractivity contribution in [2.45, 2.75) is 11.8 Å². The number of carbonyl (C=O) groups excluding carboxylic acids is 2. The van der Waals surface area contributed by atoms with Gasteiger partial charge in [0.15, 0.2) is 11.6 Å². The van der Waals surface area contributed by atoms with Crippen molar-refractivity contribution >= 4 is 43.4 Å². The Hall–Kier alpha value is -2.82. The largest absolute Gasteiger partial charge is 0.293 e. The number of rotatable bonds is 7. The van der Waals surface area contributed by atoms with Crippen LogP contribution in [0.5, 0.6) is 0 Å². The lowest BCUT2D eigenvalue weighted by atomic mass is 9.73. The predicted octanol–water partition coefficient (Wildman–Crippen LogP) is 7.84. The first kappa shape index (κ1) is 22.4. The lowest BCUT2D eigenvalue weighted by Gasteiger charge is -2.28. The molecule has 0 aliphatic carbocycles. The number of Topliss-reactive ketones (excluding diaryl/α,β-unsaturated/α-hetero) is 2. The summed E-state index contributed by atoms with van der Waals surface area (Å²) in [6.45, 7) is 0. The summed E-state index contributed by atoms with van der Waals surface area (Å²) in [7, 11) is 0. The molecule has 0 aliphatic heterocycles. The van der Waals surface area contributed by atoms with Gasteiger partial charge in [-0.1, -0.05) is 129 Å². The van der Waals surface area contributed by atoms with Crippen LogP contribution in [0.3, 0.4) is 0 Å². The minimum absolute atomic E-state index is 0.0949. The first-order valence-corrected chi connectivity index (χ1v) is 11.8. The highest BCUT2D eigenvalue weighted by atomic mass is 79.9. The monoisotopic (exact) mass is 546 g/mol. The van der Waals surface area contributed by atoms with Crippen LogP contribution in [0.4, 0.5) is 0 Å². The zero-order valence-electron chi connectivity index (χ0n) is 17.1. The van der Waals surface area contributed by atoms with E-state index in [4.69, 9.17) is 0 Å². The van der Waals surface area contributed by atoms with Crippen molar-refractivity contribution in [3.63, 3.8) is 0 Å². The summed E-state index contributed by atoms with van der Waals surface area (Å²) in [4.78, 5) is 27.9. The Bertz CT molecular complexity index is 1140. The summed E-state index contributed by atoms with van der Waals surface area (Å²) >= 11 is 7.25. The molecule has 0 aromatic heterocycles. The Balaban J connectivity index is 1.96. The molecule has 0 amide bonds. The molecule has 32 heavy (non-hydrogen) atoms. The van der Waals surface area contributed by atoms with E-state index in [1.165, 1.54) is 0 Å². The number of halogens is 2. The third kappa shape index (κ3) is 4.67. The molecule has 2 unspecified atom stereocenters. The molecule has 0 saturated carbocycles. The Morgan fingerprint density at radius 1 is 0.469 bits per heavy atom. The van der Waals surface area contributed by atoms with Gasteiger partial charge in [0.05, 0.1) is 11.8 Å². The fraction of sp³-hybridized carbons (Fsp3) is 0.0714. The molecule has 0 heterocycles. The van der Waals surface area contributed by atoms with Crippen LogP contribution < -0.4 is 0 Å². The maximum atomic E-state index is 14.0. The Kier molecular flexibility index (Phi) is 7.13. The predicted molar refractivity (Wildman–Crippen MR) is 135 cm³/mol. The van der Waals surface area contributed by atoms with Crippen molar-refractivity contribution in [1.29, 1.82) is 0 Å². The van der Waals surface area contributed by atoms with Crippen LogP contribution in [0.15, 0.2) is 118 Å². The first-order chi connectivity index (χ1) is 15.6. The smallest absolute Gasteiger partial charge is 0.171 e. The highest BCUT2D eigenvalue weighted by Crippen LogP contribution is 2.43. The minimum Gasteiger partial charge on any atom is -0.293 e. The number of ketones is 2. The van der Waals surface area contributed by atoms with Crippen LogP contribution in [0.25, 0.3) is 0 Å². The molecule has 4 aromatic rings. The topological polar surface area (TPSA) is 34.1 Å². The number of benzene rings is 4. The zero-order chi connectivity index (χ0) is 22.5. The summed E-state index contributed by atoms with van der Waals surface area (Å²) in [5, 5.41) is 0. The molecular weight excluding hydrogens is 528 g/mol.